The van der Waals surface area contributed by atoms with Crippen LogP contribution in [0.3, 0.4) is 0 Å². The van der Waals surface area contributed by atoms with E-state index in [1.165, 1.54) is 0 Å². The summed E-state index contributed by atoms with van der Waals surface area (Å²) < 4.78 is 2.00. The van der Waals surface area contributed by atoms with Crippen LogP contribution in [-0.2, 0) is 6.54 Å². The molecule has 2 aromatic rings. The predicted octanol–water partition coefficient (Wildman–Crippen LogP) is 2.58. The van der Waals surface area contributed by atoms with Crippen LogP contribution in [0.4, 0.5) is 0 Å². The van der Waals surface area contributed by atoms with E-state index in [1.54, 1.807) is 6.92 Å². The molecule has 2 aromatic heterocycles. The molecule has 4 nitrogen and oxygen atoms in total. The van der Waals surface area contributed by atoms with Gasteiger partial charge in [0.25, 0.3) is 0 Å². The van der Waals surface area contributed by atoms with Crippen LogP contribution in [0.5, 0.6) is 0 Å². The fourth-order valence-corrected chi connectivity index (χ4v) is 2.39. The Kier molecular flexibility index (Phi) is 4.45. The standard InChI is InChI=1S/C14H20ClN3O/c1-10(2)17(8-11(3)19)9-12-14(15)16-13-6-4-5-7-18(12)13/h4-7,10-11,19H,8-9H2,1-3H3. The maximum absolute atomic E-state index is 9.59. The summed E-state index contributed by atoms with van der Waals surface area (Å²) in [6.45, 7) is 7.31. The van der Waals surface area contributed by atoms with Gasteiger partial charge >= 0.3 is 0 Å². The lowest BCUT2D eigenvalue weighted by atomic mass is 10.2. The molecule has 19 heavy (non-hydrogen) atoms. The minimum atomic E-state index is -0.361. The lowest BCUT2D eigenvalue weighted by Gasteiger charge is -2.27. The molecule has 0 aliphatic rings. The van der Waals surface area contributed by atoms with E-state index < -0.39 is 0 Å². The number of imidazole rings is 1. The Morgan fingerprint density at radius 3 is 2.74 bits per heavy atom. The van der Waals surface area contributed by atoms with E-state index in [2.05, 4.69) is 23.7 Å². The van der Waals surface area contributed by atoms with Gasteiger partial charge in [-0.15, -0.1) is 0 Å². The largest absolute Gasteiger partial charge is 0.392 e. The normalized spacial score (nSPS) is 13.6. The fraction of sp³-hybridized carbons (Fsp3) is 0.500. The van der Waals surface area contributed by atoms with E-state index in [0.717, 1.165) is 11.3 Å². The zero-order chi connectivity index (χ0) is 14.0. The van der Waals surface area contributed by atoms with Gasteiger partial charge in [-0.3, -0.25) is 4.90 Å². The highest BCUT2D eigenvalue weighted by Gasteiger charge is 2.17. The highest BCUT2D eigenvalue weighted by Crippen LogP contribution is 2.20. The van der Waals surface area contributed by atoms with Crippen LogP contribution >= 0.6 is 11.6 Å². The number of fused-ring (bicyclic) bond motifs is 1. The molecule has 0 saturated carbocycles. The van der Waals surface area contributed by atoms with Crippen LogP contribution in [-0.4, -0.2) is 38.1 Å². The Bertz CT molecular complexity index is 551. The van der Waals surface area contributed by atoms with E-state index in [1.807, 2.05) is 28.8 Å². The average molecular weight is 282 g/mol. The maximum Gasteiger partial charge on any atom is 0.152 e. The van der Waals surface area contributed by atoms with Crippen LogP contribution in [0, 0.1) is 0 Å². The first kappa shape index (κ1) is 14.3. The number of aliphatic hydroxyl groups is 1. The zero-order valence-corrected chi connectivity index (χ0v) is 12.3. The third kappa shape index (κ3) is 3.26. The molecule has 2 heterocycles. The van der Waals surface area contributed by atoms with Crippen molar-refractivity contribution < 1.29 is 5.11 Å². The molecule has 0 aromatic carbocycles. The molecule has 0 fully saturated rings. The molecule has 1 unspecified atom stereocenters. The lowest BCUT2D eigenvalue weighted by Crippen LogP contribution is -2.36. The van der Waals surface area contributed by atoms with Crippen LogP contribution in [0.15, 0.2) is 24.4 Å². The van der Waals surface area contributed by atoms with Gasteiger partial charge in [-0.05, 0) is 32.9 Å². The molecule has 0 aliphatic carbocycles. The first-order valence-corrected chi connectivity index (χ1v) is 6.90. The van der Waals surface area contributed by atoms with Gasteiger partial charge in [0, 0.05) is 25.3 Å². The van der Waals surface area contributed by atoms with Gasteiger partial charge in [0.2, 0.25) is 0 Å². The molecule has 0 bridgehead atoms. The first-order valence-electron chi connectivity index (χ1n) is 6.52. The van der Waals surface area contributed by atoms with Gasteiger partial charge in [-0.2, -0.15) is 0 Å². The minimum Gasteiger partial charge on any atom is -0.392 e. The number of aliphatic hydroxyl groups excluding tert-OH is 1. The molecule has 104 valence electrons. The monoisotopic (exact) mass is 281 g/mol. The van der Waals surface area contributed by atoms with Gasteiger partial charge in [0.05, 0.1) is 11.8 Å². The first-order chi connectivity index (χ1) is 8.99. The van der Waals surface area contributed by atoms with Gasteiger partial charge in [0.15, 0.2) is 5.15 Å². The Morgan fingerprint density at radius 1 is 1.37 bits per heavy atom. The highest BCUT2D eigenvalue weighted by atomic mass is 35.5. The Hall–Kier alpha value is -1.10. The summed E-state index contributed by atoms with van der Waals surface area (Å²) >= 11 is 6.23. The molecular weight excluding hydrogens is 262 g/mol. The molecule has 2 rings (SSSR count). The molecule has 1 atom stereocenters. The molecule has 0 saturated heterocycles. The summed E-state index contributed by atoms with van der Waals surface area (Å²) in [5.41, 5.74) is 1.81. The van der Waals surface area contributed by atoms with E-state index in [0.29, 0.717) is 24.3 Å². The Morgan fingerprint density at radius 2 is 2.11 bits per heavy atom. The third-order valence-electron chi connectivity index (χ3n) is 3.16. The summed E-state index contributed by atoms with van der Waals surface area (Å²) in [5, 5.41) is 10.1. The van der Waals surface area contributed by atoms with Crippen molar-refractivity contribution in [1.29, 1.82) is 0 Å². The Labute approximate surface area is 118 Å². The van der Waals surface area contributed by atoms with Crippen molar-refractivity contribution in [3.8, 4) is 0 Å². The summed E-state index contributed by atoms with van der Waals surface area (Å²) in [5.74, 6) is 0. The summed E-state index contributed by atoms with van der Waals surface area (Å²) in [7, 11) is 0. The molecule has 0 spiro atoms. The fourth-order valence-electron chi connectivity index (χ4n) is 2.15. The second-order valence-corrected chi connectivity index (χ2v) is 5.51. The van der Waals surface area contributed by atoms with Crippen molar-refractivity contribution in [1.82, 2.24) is 14.3 Å². The number of nitrogens with zero attached hydrogens (tertiary/aromatic N) is 3. The smallest absolute Gasteiger partial charge is 0.152 e. The molecule has 0 radical (unpaired) electrons. The van der Waals surface area contributed by atoms with Gasteiger partial charge in [-0.25, -0.2) is 4.98 Å². The maximum atomic E-state index is 9.59. The predicted molar refractivity (Wildman–Crippen MR) is 77.4 cm³/mol. The van der Waals surface area contributed by atoms with E-state index in [-0.39, 0.29) is 6.10 Å². The average Bonchev–Trinajstić information content (AvgIpc) is 2.64. The van der Waals surface area contributed by atoms with E-state index in [9.17, 15) is 5.11 Å². The Balaban J connectivity index is 2.30. The van der Waals surface area contributed by atoms with Gasteiger partial charge in [0.1, 0.15) is 5.65 Å². The molecular formula is C14H20ClN3O. The molecule has 0 amide bonds. The second-order valence-electron chi connectivity index (χ2n) is 5.15. The number of halogens is 1. The van der Waals surface area contributed by atoms with Crippen molar-refractivity contribution in [3.05, 3.63) is 35.2 Å². The van der Waals surface area contributed by atoms with Gasteiger partial charge in [-0.1, -0.05) is 17.7 Å². The summed E-state index contributed by atoms with van der Waals surface area (Å²) in [6.07, 6.45) is 1.60. The van der Waals surface area contributed by atoms with Crippen LogP contribution in [0.2, 0.25) is 5.15 Å². The van der Waals surface area contributed by atoms with Crippen molar-refractivity contribution in [2.75, 3.05) is 6.54 Å². The number of hydrogen-bond acceptors (Lipinski definition) is 3. The van der Waals surface area contributed by atoms with Crippen molar-refractivity contribution >= 4 is 17.2 Å². The molecule has 0 aliphatic heterocycles. The van der Waals surface area contributed by atoms with Crippen LogP contribution in [0.1, 0.15) is 26.5 Å². The van der Waals surface area contributed by atoms with Crippen LogP contribution < -0.4 is 0 Å². The third-order valence-corrected chi connectivity index (χ3v) is 3.46. The summed E-state index contributed by atoms with van der Waals surface area (Å²) in [4.78, 5) is 6.53. The minimum absolute atomic E-state index is 0.333. The van der Waals surface area contributed by atoms with E-state index in [4.69, 9.17) is 11.6 Å². The lowest BCUT2D eigenvalue weighted by molar-refractivity contribution is 0.102. The second kappa shape index (κ2) is 5.90. The number of rotatable bonds is 5. The SMILES string of the molecule is CC(O)CN(Cc1c(Cl)nc2ccccn12)C(C)C. The van der Waals surface area contributed by atoms with Gasteiger partial charge < -0.3 is 9.51 Å². The highest BCUT2D eigenvalue weighted by molar-refractivity contribution is 6.30. The topological polar surface area (TPSA) is 40.8 Å². The number of pyridine rings is 1. The van der Waals surface area contributed by atoms with Crippen molar-refractivity contribution in [2.45, 2.75) is 39.5 Å². The van der Waals surface area contributed by atoms with Crippen molar-refractivity contribution in [2.24, 2.45) is 0 Å². The van der Waals surface area contributed by atoms with E-state index >= 15 is 0 Å². The number of hydrogen-bond donors (Lipinski definition) is 1. The molecule has 5 heteroatoms. The summed E-state index contributed by atoms with van der Waals surface area (Å²) in [6, 6.07) is 6.17. The zero-order valence-electron chi connectivity index (χ0n) is 11.5. The van der Waals surface area contributed by atoms with Crippen LogP contribution in [0.25, 0.3) is 5.65 Å². The number of aromatic nitrogens is 2. The quantitative estimate of drug-likeness (QED) is 0.916. The molecule has 1 N–H and O–H groups in total. The van der Waals surface area contributed by atoms with Crippen molar-refractivity contribution in [3.63, 3.8) is 0 Å².